The summed E-state index contributed by atoms with van der Waals surface area (Å²) in [6.07, 6.45) is -12.3. The molecule has 0 aromatic rings. The Bertz CT molecular complexity index is 408. The van der Waals surface area contributed by atoms with Crippen LogP contribution in [0, 0.1) is 5.41 Å². The first-order valence-electron chi connectivity index (χ1n) is 5.61. The molecule has 1 saturated heterocycles. The molecular formula is C10H11F6NO3S. The maximum Gasteiger partial charge on any atom is 0.404 e. The van der Waals surface area contributed by atoms with Crippen molar-refractivity contribution in [2.24, 2.45) is 5.41 Å². The number of carboxylic acid groups (broad SMARTS) is 1. The highest BCUT2D eigenvalue weighted by atomic mass is 32.2. The molecule has 1 aliphatic heterocycles. The Morgan fingerprint density at radius 2 is 1.62 bits per heavy atom. The molecule has 1 N–H and O–H groups in total. The fraction of sp³-hybridized carbons (Fsp3) is 0.800. The summed E-state index contributed by atoms with van der Waals surface area (Å²) >= 11 is 0.618. The summed E-state index contributed by atoms with van der Waals surface area (Å²) in [5.74, 6) is -3.09. The van der Waals surface area contributed by atoms with Gasteiger partial charge >= 0.3 is 18.3 Å². The highest BCUT2D eigenvalue weighted by molar-refractivity contribution is 8.00. The molecule has 0 bridgehead atoms. The smallest absolute Gasteiger partial charge is 0.404 e. The molecule has 0 aromatic carbocycles. The van der Waals surface area contributed by atoms with Crippen LogP contribution in [-0.4, -0.2) is 58.8 Å². The van der Waals surface area contributed by atoms with Gasteiger partial charge in [-0.25, -0.2) is 0 Å². The molecule has 1 rings (SSSR count). The minimum atomic E-state index is -5.51. The lowest BCUT2D eigenvalue weighted by atomic mass is 9.85. The fourth-order valence-electron chi connectivity index (χ4n) is 1.96. The van der Waals surface area contributed by atoms with E-state index in [-0.39, 0.29) is 0 Å². The van der Waals surface area contributed by atoms with E-state index in [1.54, 1.807) is 0 Å². The second-order valence-electron chi connectivity index (χ2n) is 4.53. The maximum absolute atomic E-state index is 12.8. The first kappa shape index (κ1) is 17.9. The average molecular weight is 339 g/mol. The van der Waals surface area contributed by atoms with Crippen LogP contribution in [0.15, 0.2) is 0 Å². The van der Waals surface area contributed by atoms with E-state index in [1.807, 2.05) is 0 Å². The van der Waals surface area contributed by atoms with Gasteiger partial charge in [-0.15, -0.1) is 11.8 Å². The first-order valence-corrected chi connectivity index (χ1v) is 6.77. The zero-order chi connectivity index (χ0) is 16.5. The molecule has 4 nitrogen and oxygen atoms in total. The number of thioether (sulfide) groups is 1. The quantitative estimate of drug-likeness (QED) is 0.798. The van der Waals surface area contributed by atoms with Crippen LogP contribution in [0.4, 0.5) is 26.3 Å². The van der Waals surface area contributed by atoms with E-state index >= 15 is 0 Å². The van der Waals surface area contributed by atoms with Crippen molar-refractivity contribution >= 4 is 23.6 Å². The Morgan fingerprint density at radius 1 is 1.10 bits per heavy atom. The van der Waals surface area contributed by atoms with Gasteiger partial charge in [0.05, 0.1) is 11.5 Å². The summed E-state index contributed by atoms with van der Waals surface area (Å²) in [6, 6.07) is 0. The topological polar surface area (TPSA) is 57.6 Å². The number of rotatable bonds is 4. The standard InChI is InChI=1S/C10H11F6NO3S/c11-9(12,13)8(10(14,15)16)1-2-17(5-8)6(18)3-21-4-7(19)20/h1-5H2,(H,19,20). The van der Waals surface area contributed by atoms with Crippen molar-refractivity contribution in [1.82, 2.24) is 4.90 Å². The Kier molecular flexibility index (Phi) is 5.06. The predicted molar refractivity (Wildman–Crippen MR) is 60.7 cm³/mol. The minimum absolute atomic E-state index is 0.455. The van der Waals surface area contributed by atoms with Gasteiger partial charge in [0.15, 0.2) is 5.41 Å². The number of aliphatic carboxylic acids is 1. The molecule has 0 aromatic heterocycles. The Morgan fingerprint density at radius 3 is 2.00 bits per heavy atom. The summed E-state index contributed by atoms with van der Waals surface area (Å²) in [4.78, 5) is 22.3. The Hall–Kier alpha value is -1.13. The molecule has 1 heterocycles. The predicted octanol–water partition coefficient (Wildman–Crippen LogP) is 2.15. The van der Waals surface area contributed by atoms with Crippen molar-refractivity contribution in [3.8, 4) is 0 Å². The number of hydrogen-bond acceptors (Lipinski definition) is 3. The molecule has 0 aliphatic carbocycles. The summed E-state index contributed by atoms with van der Waals surface area (Å²) in [7, 11) is 0. The average Bonchev–Trinajstić information content (AvgIpc) is 2.72. The molecule has 21 heavy (non-hydrogen) atoms. The molecule has 1 aliphatic rings. The van der Waals surface area contributed by atoms with E-state index in [2.05, 4.69) is 0 Å². The molecule has 11 heteroatoms. The lowest BCUT2D eigenvalue weighted by molar-refractivity contribution is -0.334. The van der Waals surface area contributed by atoms with Crippen LogP contribution in [0.2, 0.25) is 0 Å². The van der Waals surface area contributed by atoms with Crippen LogP contribution in [0.1, 0.15) is 6.42 Å². The number of hydrogen-bond donors (Lipinski definition) is 1. The van der Waals surface area contributed by atoms with Crippen molar-refractivity contribution in [2.45, 2.75) is 18.8 Å². The molecule has 0 radical (unpaired) electrons. The highest BCUT2D eigenvalue weighted by Crippen LogP contribution is 2.55. The molecule has 1 amide bonds. The molecule has 0 saturated carbocycles. The van der Waals surface area contributed by atoms with Gasteiger partial charge in [-0.1, -0.05) is 0 Å². The minimum Gasteiger partial charge on any atom is -0.481 e. The molecule has 0 unspecified atom stereocenters. The number of carbonyl (C=O) groups excluding carboxylic acids is 1. The van der Waals surface area contributed by atoms with Gasteiger partial charge in [-0.2, -0.15) is 26.3 Å². The number of nitrogens with zero attached hydrogens (tertiary/aromatic N) is 1. The normalized spacial score (nSPS) is 18.9. The fourth-order valence-corrected chi connectivity index (χ4v) is 2.60. The van der Waals surface area contributed by atoms with E-state index in [9.17, 15) is 35.9 Å². The number of carboxylic acids is 1. The van der Waals surface area contributed by atoms with E-state index in [0.717, 1.165) is 0 Å². The number of carbonyl (C=O) groups is 2. The van der Waals surface area contributed by atoms with Crippen molar-refractivity contribution in [1.29, 1.82) is 0 Å². The van der Waals surface area contributed by atoms with Crippen molar-refractivity contribution in [3.63, 3.8) is 0 Å². The van der Waals surface area contributed by atoms with Crippen molar-refractivity contribution in [2.75, 3.05) is 24.6 Å². The van der Waals surface area contributed by atoms with Crippen LogP contribution in [0.5, 0.6) is 0 Å². The number of likely N-dealkylation sites (tertiary alicyclic amines) is 1. The maximum atomic E-state index is 12.8. The van der Waals surface area contributed by atoms with E-state index < -0.39 is 60.7 Å². The lowest BCUT2D eigenvalue weighted by Gasteiger charge is -2.33. The van der Waals surface area contributed by atoms with Crippen LogP contribution in [0.25, 0.3) is 0 Å². The van der Waals surface area contributed by atoms with Crippen LogP contribution in [-0.2, 0) is 9.59 Å². The molecule has 0 atom stereocenters. The Labute approximate surface area is 119 Å². The van der Waals surface area contributed by atoms with Gasteiger partial charge in [0, 0.05) is 13.1 Å². The zero-order valence-electron chi connectivity index (χ0n) is 10.4. The molecule has 0 spiro atoms. The largest absolute Gasteiger partial charge is 0.481 e. The van der Waals surface area contributed by atoms with E-state index in [1.165, 1.54) is 0 Å². The van der Waals surface area contributed by atoms with E-state index in [0.29, 0.717) is 16.7 Å². The molecule has 1 fully saturated rings. The monoisotopic (exact) mass is 339 g/mol. The summed E-state index contributed by atoms with van der Waals surface area (Å²) < 4.78 is 76.6. The third kappa shape index (κ3) is 3.74. The zero-order valence-corrected chi connectivity index (χ0v) is 11.2. The number of alkyl halides is 6. The highest BCUT2D eigenvalue weighted by Gasteiger charge is 2.72. The van der Waals surface area contributed by atoms with Crippen molar-refractivity contribution in [3.05, 3.63) is 0 Å². The molecular weight excluding hydrogens is 328 g/mol. The second-order valence-corrected chi connectivity index (χ2v) is 5.52. The van der Waals surface area contributed by atoms with Gasteiger partial charge in [0.2, 0.25) is 5.91 Å². The van der Waals surface area contributed by atoms with E-state index in [4.69, 9.17) is 5.11 Å². The first-order chi connectivity index (χ1) is 9.41. The number of amides is 1. The van der Waals surface area contributed by atoms with Crippen molar-refractivity contribution < 1.29 is 41.0 Å². The summed E-state index contributed by atoms with van der Waals surface area (Å²) in [5, 5.41) is 8.34. The van der Waals surface area contributed by atoms with Gasteiger partial charge in [-0.05, 0) is 6.42 Å². The lowest BCUT2D eigenvalue weighted by Crippen LogP contribution is -2.52. The van der Waals surface area contributed by atoms with Gasteiger partial charge in [0.25, 0.3) is 0 Å². The SMILES string of the molecule is O=C(O)CSCC(=O)N1CCC(C(F)(F)F)(C(F)(F)F)C1. The van der Waals surface area contributed by atoms with Gasteiger partial charge < -0.3 is 10.0 Å². The summed E-state index contributed by atoms with van der Waals surface area (Å²) in [6.45, 7) is -2.14. The molecule has 122 valence electrons. The van der Waals surface area contributed by atoms with Crippen LogP contribution < -0.4 is 0 Å². The van der Waals surface area contributed by atoms with Gasteiger partial charge in [-0.3, -0.25) is 9.59 Å². The van der Waals surface area contributed by atoms with Gasteiger partial charge in [0.1, 0.15) is 0 Å². The van der Waals surface area contributed by atoms with Crippen LogP contribution in [0.3, 0.4) is 0 Å². The third-order valence-electron chi connectivity index (χ3n) is 3.16. The third-order valence-corrected chi connectivity index (χ3v) is 4.06. The Balaban J connectivity index is 2.76. The van der Waals surface area contributed by atoms with Crippen LogP contribution >= 0.6 is 11.8 Å². The second kappa shape index (κ2) is 5.93. The summed E-state index contributed by atoms with van der Waals surface area (Å²) in [5.41, 5.74) is -3.91. The number of halogens is 6.